The zero-order valence-corrected chi connectivity index (χ0v) is 7.99. The number of rotatable bonds is 2. The molecule has 0 radical (unpaired) electrons. The number of likely N-dealkylation sites (tertiary alicyclic amines) is 1. The highest BCUT2D eigenvalue weighted by Crippen LogP contribution is 2.11. The molecular weight excluding hydrogens is 172 g/mol. The van der Waals surface area contributed by atoms with Crippen molar-refractivity contribution in [2.45, 2.75) is 18.6 Å². The fourth-order valence-corrected chi connectivity index (χ4v) is 1.63. The Kier molecular flexibility index (Phi) is 3.50. The van der Waals surface area contributed by atoms with Crippen LogP contribution in [0.4, 0.5) is 4.79 Å². The lowest BCUT2D eigenvalue weighted by molar-refractivity contribution is 0.0151. The molecule has 0 aromatic heterocycles. The number of methoxy groups -OCH3 is 1. The summed E-state index contributed by atoms with van der Waals surface area (Å²) in [6.45, 7) is 1.69. The largest absolute Gasteiger partial charge is 0.465 e. The maximum atomic E-state index is 10.4. The van der Waals surface area contributed by atoms with E-state index in [2.05, 4.69) is 10.2 Å². The monoisotopic (exact) mass is 188 g/mol. The van der Waals surface area contributed by atoms with Gasteiger partial charge in [-0.2, -0.15) is 0 Å². The summed E-state index contributed by atoms with van der Waals surface area (Å²) >= 11 is 0. The SMILES string of the molecule is CO[C@@H]1CN(C)CC[C@H]1NC(=O)O. The summed E-state index contributed by atoms with van der Waals surface area (Å²) in [6, 6.07) is -0.0706. The molecule has 1 saturated heterocycles. The number of piperidine rings is 1. The molecule has 0 saturated carbocycles. The van der Waals surface area contributed by atoms with Crippen molar-refractivity contribution >= 4 is 6.09 Å². The Morgan fingerprint density at radius 2 is 2.38 bits per heavy atom. The first kappa shape index (κ1) is 10.3. The van der Waals surface area contributed by atoms with E-state index in [-0.39, 0.29) is 12.1 Å². The topological polar surface area (TPSA) is 61.8 Å². The molecule has 0 unspecified atom stereocenters. The molecule has 0 aliphatic carbocycles. The summed E-state index contributed by atoms with van der Waals surface area (Å²) in [5.41, 5.74) is 0. The van der Waals surface area contributed by atoms with Crippen molar-refractivity contribution in [3.8, 4) is 0 Å². The van der Waals surface area contributed by atoms with E-state index in [1.54, 1.807) is 7.11 Å². The van der Waals surface area contributed by atoms with Gasteiger partial charge < -0.3 is 20.1 Å². The summed E-state index contributed by atoms with van der Waals surface area (Å²) in [6.07, 6.45) is -0.201. The van der Waals surface area contributed by atoms with Crippen LogP contribution in [0.5, 0.6) is 0 Å². The van der Waals surface area contributed by atoms with Crippen LogP contribution in [-0.4, -0.2) is 55.5 Å². The predicted molar refractivity (Wildman–Crippen MR) is 47.9 cm³/mol. The quantitative estimate of drug-likeness (QED) is 0.639. The fourth-order valence-electron chi connectivity index (χ4n) is 1.63. The third kappa shape index (κ3) is 2.86. The number of hydrogen-bond acceptors (Lipinski definition) is 3. The van der Waals surface area contributed by atoms with Crippen molar-refractivity contribution in [1.29, 1.82) is 0 Å². The molecule has 1 heterocycles. The third-order valence-corrected chi connectivity index (χ3v) is 2.37. The van der Waals surface area contributed by atoms with E-state index in [1.165, 1.54) is 0 Å². The van der Waals surface area contributed by atoms with E-state index in [1.807, 2.05) is 7.05 Å². The van der Waals surface area contributed by atoms with E-state index >= 15 is 0 Å². The van der Waals surface area contributed by atoms with Crippen LogP contribution in [-0.2, 0) is 4.74 Å². The third-order valence-electron chi connectivity index (χ3n) is 2.37. The van der Waals surface area contributed by atoms with Crippen molar-refractivity contribution in [3.63, 3.8) is 0 Å². The first-order valence-electron chi connectivity index (χ1n) is 4.34. The maximum Gasteiger partial charge on any atom is 0.404 e. The van der Waals surface area contributed by atoms with Crippen LogP contribution >= 0.6 is 0 Å². The number of nitrogens with zero attached hydrogens (tertiary/aromatic N) is 1. The normalized spacial score (nSPS) is 30.0. The molecule has 0 aromatic rings. The second-order valence-electron chi connectivity index (χ2n) is 3.38. The Hall–Kier alpha value is -0.810. The summed E-state index contributed by atoms with van der Waals surface area (Å²) in [4.78, 5) is 12.6. The average Bonchev–Trinajstić information content (AvgIpc) is 2.07. The Balaban J connectivity index is 2.47. The van der Waals surface area contributed by atoms with Gasteiger partial charge in [-0.1, -0.05) is 0 Å². The Bertz CT molecular complexity index is 186. The molecule has 2 atom stereocenters. The Morgan fingerprint density at radius 1 is 1.69 bits per heavy atom. The second-order valence-corrected chi connectivity index (χ2v) is 3.38. The van der Waals surface area contributed by atoms with Crippen LogP contribution in [0.1, 0.15) is 6.42 Å². The molecule has 1 rings (SSSR count). The first-order chi connectivity index (χ1) is 6.13. The number of nitrogens with one attached hydrogen (secondary N) is 1. The lowest BCUT2D eigenvalue weighted by Crippen LogP contribution is -2.53. The van der Waals surface area contributed by atoms with Crippen LogP contribution in [0, 0.1) is 0 Å². The molecule has 1 fully saturated rings. The van der Waals surface area contributed by atoms with E-state index < -0.39 is 6.09 Å². The summed E-state index contributed by atoms with van der Waals surface area (Å²) in [5, 5.41) is 11.0. The molecule has 0 bridgehead atoms. The van der Waals surface area contributed by atoms with Gasteiger partial charge in [-0.15, -0.1) is 0 Å². The number of likely N-dealkylation sites (N-methyl/N-ethyl adjacent to an activating group) is 1. The van der Waals surface area contributed by atoms with Crippen LogP contribution in [0.25, 0.3) is 0 Å². The molecule has 1 aliphatic rings. The van der Waals surface area contributed by atoms with Crippen LogP contribution < -0.4 is 5.32 Å². The van der Waals surface area contributed by atoms with Gasteiger partial charge in [0.15, 0.2) is 0 Å². The summed E-state index contributed by atoms with van der Waals surface area (Å²) in [5.74, 6) is 0. The Labute approximate surface area is 77.7 Å². The number of hydrogen-bond donors (Lipinski definition) is 2. The number of ether oxygens (including phenoxy) is 1. The van der Waals surface area contributed by atoms with Crippen molar-refractivity contribution in [2.24, 2.45) is 0 Å². The molecule has 5 nitrogen and oxygen atoms in total. The van der Waals surface area contributed by atoms with Crippen molar-refractivity contribution in [3.05, 3.63) is 0 Å². The predicted octanol–water partition coefficient (Wildman–Crippen LogP) is -0.0269. The Morgan fingerprint density at radius 3 is 2.92 bits per heavy atom. The molecule has 13 heavy (non-hydrogen) atoms. The van der Waals surface area contributed by atoms with Crippen molar-refractivity contribution in [2.75, 3.05) is 27.2 Å². The minimum atomic E-state index is -0.975. The fraction of sp³-hybridized carbons (Fsp3) is 0.875. The van der Waals surface area contributed by atoms with Gasteiger partial charge in [0.2, 0.25) is 0 Å². The van der Waals surface area contributed by atoms with Crippen molar-refractivity contribution in [1.82, 2.24) is 10.2 Å². The lowest BCUT2D eigenvalue weighted by atomic mass is 10.0. The van der Waals surface area contributed by atoms with Gasteiger partial charge in [-0.25, -0.2) is 4.79 Å². The zero-order chi connectivity index (χ0) is 9.84. The first-order valence-corrected chi connectivity index (χ1v) is 4.34. The summed E-state index contributed by atoms with van der Waals surface area (Å²) in [7, 11) is 3.61. The molecule has 0 spiro atoms. The average molecular weight is 188 g/mol. The number of carbonyl (C=O) groups is 1. The molecule has 5 heteroatoms. The molecular formula is C8H16N2O3. The van der Waals surface area contributed by atoms with Crippen molar-refractivity contribution < 1.29 is 14.6 Å². The van der Waals surface area contributed by atoms with E-state index in [0.29, 0.717) is 0 Å². The molecule has 0 aromatic carbocycles. The highest BCUT2D eigenvalue weighted by Gasteiger charge is 2.28. The minimum absolute atomic E-state index is 0.0325. The van der Waals surface area contributed by atoms with E-state index in [9.17, 15) is 4.79 Å². The highest BCUT2D eigenvalue weighted by molar-refractivity contribution is 5.64. The van der Waals surface area contributed by atoms with Gasteiger partial charge in [-0.05, 0) is 20.0 Å². The molecule has 1 amide bonds. The van der Waals surface area contributed by atoms with Gasteiger partial charge in [0.1, 0.15) is 0 Å². The van der Waals surface area contributed by atoms with Gasteiger partial charge in [0, 0.05) is 13.7 Å². The van der Waals surface area contributed by atoms with Gasteiger partial charge >= 0.3 is 6.09 Å². The standard InChI is InChI=1S/C8H16N2O3/c1-10-4-3-6(9-8(11)12)7(5-10)13-2/h6-7,9H,3-5H2,1-2H3,(H,11,12)/t6-,7-/m1/s1. The van der Waals surface area contributed by atoms with Gasteiger partial charge in [0.05, 0.1) is 12.1 Å². The van der Waals surface area contributed by atoms with E-state index in [0.717, 1.165) is 19.5 Å². The highest BCUT2D eigenvalue weighted by atomic mass is 16.5. The van der Waals surface area contributed by atoms with Gasteiger partial charge in [-0.3, -0.25) is 0 Å². The lowest BCUT2D eigenvalue weighted by Gasteiger charge is -2.35. The zero-order valence-electron chi connectivity index (χ0n) is 7.99. The van der Waals surface area contributed by atoms with E-state index in [4.69, 9.17) is 9.84 Å². The maximum absolute atomic E-state index is 10.4. The van der Waals surface area contributed by atoms with Crippen LogP contribution in [0.2, 0.25) is 0 Å². The molecule has 1 aliphatic heterocycles. The molecule has 2 N–H and O–H groups in total. The van der Waals surface area contributed by atoms with Crippen LogP contribution in [0.3, 0.4) is 0 Å². The van der Waals surface area contributed by atoms with Crippen LogP contribution in [0.15, 0.2) is 0 Å². The second kappa shape index (κ2) is 4.43. The van der Waals surface area contributed by atoms with Gasteiger partial charge in [0.25, 0.3) is 0 Å². The summed E-state index contributed by atoms with van der Waals surface area (Å²) < 4.78 is 5.21. The minimum Gasteiger partial charge on any atom is -0.465 e. The smallest absolute Gasteiger partial charge is 0.404 e. The molecule has 76 valence electrons. The number of carboxylic acid groups (broad SMARTS) is 1. The number of amides is 1.